The first-order valence-electron chi connectivity index (χ1n) is 5.48. The fraction of sp³-hybridized carbons (Fsp3) is 0.273. The molecular weight excluding hydrogens is 232 g/mol. The van der Waals surface area contributed by atoms with Gasteiger partial charge in [0.25, 0.3) is 0 Å². The van der Waals surface area contributed by atoms with Crippen LogP contribution in [0.15, 0.2) is 24.5 Å². The van der Waals surface area contributed by atoms with Crippen LogP contribution in [0, 0.1) is 6.92 Å². The molecule has 0 aliphatic carbocycles. The molecule has 94 valence electrons. The Balaban J connectivity index is 2.30. The number of hydrogen-bond acceptors (Lipinski definition) is 5. The molecule has 0 aliphatic rings. The molecule has 1 atom stereocenters. The number of aryl methyl sites for hydroxylation is 1. The zero-order valence-corrected chi connectivity index (χ0v) is 10.2. The highest BCUT2D eigenvalue weighted by atomic mass is 16.2. The molecule has 1 unspecified atom stereocenters. The number of rotatable bonds is 3. The minimum absolute atomic E-state index is 0.235. The van der Waals surface area contributed by atoms with Gasteiger partial charge in [0.15, 0.2) is 0 Å². The van der Waals surface area contributed by atoms with Crippen LogP contribution in [0.25, 0.3) is 5.69 Å². The molecule has 1 aromatic carbocycles. The molecule has 1 aromatic heterocycles. The summed E-state index contributed by atoms with van der Waals surface area (Å²) in [6.45, 7) is 3.57. The summed E-state index contributed by atoms with van der Waals surface area (Å²) in [7, 11) is 0. The Labute approximate surface area is 104 Å². The lowest BCUT2D eigenvalue weighted by Crippen LogP contribution is -2.32. The molecular formula is C11H14N6O. The second kappa shape index (κ2) is 4.92. The van der Waals surface area contributed by atoms with Crippen molar-refractivity contribution in [2.75, 3.05) is 5.32 Å². The predicted octanol–water partition coefficient (Wildman–Crippen LogP) is 0.256. The van der Waals surface area contributed by atoms with E-state index in [2.05, 4.69) is 20.8 Å². The molecule has 7 nitrogen and oxygen atoms in total. The van der Waals surface area contributed by atoms with Crippen LogP contribution in [0.5, 0.6) is 0 Å². The highest BCUT2D eigenvalue weighted by molar-refractivity contribution is 5.94. The molecule has 0 fully saturated rings. The van der Waals surface area contributed by atoms with E-state index in [9.17, 15) is 4.79 Å². The molecule has 0 bridgehead atoms. The van der Waals surface area contributed by atoms with E-state index in [0.29, 0.717) is 5.69 Å². The molecule has 1 amide bonds. The van der Waals surface area contributed by atoms with Crippen LogP contribution in [0.1, 0.15) is 12.5 Å². The van der Waals surface area contributed by atoms with Gasteiger partial charge in [-0.1, -0.05) is 6.07 Å². The third-order valence-corrected chi connectivity index (χ3v) is 2.49. The predicted molar refractivity (Wildman–Crippen MR) is 66.2 cm³/mol. The van der Waals surface area contributed by atoms with Crippen molar-refractivity contribution >= 4 is 11.6 Å². The summed E-state index contributed by atoms with van der Waals surface area (Å²) >= 11 is 0. The molecule has 0 radical (unpaired) electrons. The number of aromatic nitrogens is 4. The summed E-state index contributed by atoms with van der Waals surface area (Å²) in [4.78, 5) is 11.5. The summed E-state index contributed by atoms with van der Waals surface area (Å²) in [5.41, 5.74) is 7.97. The summed E-state index contributed by atoms with van der Waals surface area (Å²) in [5, 5.41) is 13.7. The number of amides is 1. The van der Waals surface area contributed by atoms with Gasteiger partial charge in [0.2, 0.25) is 5.91 Å². The van der Waals surface area contributed by atoms with Crippen molar-refractivity contribution in [1.29, 1.82) is 0 Å². The summed E-state index contributed by atoms with van der Waals surface area (Å²) < 4.78 is 1.54. The van der Waals surface area contributed by atoms with E-state index in [4.69, 9.17) is 5.73 Å². The average molecular weight is 246 g/mol. The minimum atomic E-state index is -0.553. The summed E-state index contributed by atoms with van der Waals surface area (Å²) in [6.07, 6.45) is 1.50. The first-order chi connectivity index (χ1) is 8.58. The van der Waals surface area contributed by atoms with Gasteiger partial charge in [-0.25, -0.2) is 4.68 Å². The topological polar surface area (TPSA) is 98.7 Å². The van der Waals surface area contributed by atoms with Gasteiger partial charge >= 0.3 is 0 Å². The van der Waals surface area contributed by atoms with E-state index in [-0.39, 0.29) is 5.91 Å². The standard InChI is InChI=1S/C11H14N6O/c1-7-3-4-9(14-11(18)8(2)12)5-10(7)17-6-13-15-16-17/h3-6,8H,12H2,1-2H3,(H,14,18). The van der Waals surface area contributed by atoms with E-state index in [1.54, 1.807) is 13.0 Å². The van der Waals surface area contributed by atoms with Crippen LogP contribution in [0.2, 0.25) is 0 Å². The van der Waals surface area contributed by atoms with Gasteiger partial charge in [0, 0.05) is 5.69 Å². The van der Waals surface area contributed by atoms with Gasteiger partial charge in [-0.05, 0) is 42.0 Å². The van der Waals surface area contributed by atoms with Crippen LogP contribution < -0.4 is 11.1 Å². The first-order valence-corrected chi connectivity index (χ1v) is 5.48. The van der Waals surface area contributed by atoms with Crippen LogP contribution in [-0.4, -0.2) is 32.2 Å². The number of anilines is 1. The highest BCUT2D eigenvalue weighted by Crippen LogP contribution is 2.18. The largest absolute Gasteiger partial charge is 0.325 e. The number of carbonyl (C=O) groups excluding carboxylic acids is 1. The van der Waals surface area contributed by atoms with Crippen LogP contribution >= 0.6 is 0 Å². The van der Waals surface area contributed by atoms with Crippen molar-refractivity contribution in [1.82, 2.24) is 20.2 Å². The monoisotopic (exact) mass is 246 g/mol. The Morgan fingerprint density at radius 2 is 2.28 bits per heavy atom. The maximum Gasteiger partial charge on any atom is 0.240 e. The molecule has 18 heavy (non-hydrogen) atoms. The van der Waals surface area contributed by atoms with Gasteiger partial charge in [0.05, 0.1) is 11.7 Å². The van der Waals surface area contributed by atoms with Gasteiger partial charge in [-0.3, -0.25) is 4.79 Å². The fourth-order valence-electron chi connectivity index (χ4n) is 1.46. The van der Waals surface area contributed by atoms with Crippen molar-refractivity contribution in [2.45, 2.75) is 19.9 Å². The average Bonchev–Trinajstić information content (AvgIpc) is 2.85. The summed E-state index contributed by atoms with van der Waals surface area (Å²) in [5.74, 6) is -0.235. The lowest BCUT2D eigenvalue weighted by molar-refractivity contribution is -0.117. The Kier molecular flexibility index (Phi) is 3.33. The number of nitrogens with one attached hydrogen (secondary N) is 1. The van der Waals surface area contributed by atoms with E-state index in [1.165, 1.54) is 11.0 Å². The van der Waals surface area contributed by atoms with Crippen molar-refractivity contribution < 1.29 is 4.79 Å². The zero-order chi connectivity index (χ0) is 13.1. The smallest absolute Gasteiger partial charge is 0.240 e. The van der Waals surface area contributed by atoms with Crippen molar-refractivity contribution in [2.24, 2.45) is 5.73 Å². The fourth-order valence-corrected chi connectivity index (χ4v) is 1.46. The van der Waals surface area contributed by atoms with E-state index in [1.807, 2.05) is 19.1 Å². The van der Waals surface area contributed by atoms with Gasteiger partial charge in [-0.2, -0.15) is 0 Å². The second-order valence-electron chi connectivity index (χ2n) is 4.03. The third-order valence-electron chi connectivity index (χ3n) is 2.49. The van der Waals surface area contributed by atoms with E-state index in [0.717, 1.165) is 11.3 Å². The lowest BCUT2D eigenvalue weighted by atomic mass is 10.1. The number of benzene rings is 1. The first kappa shape index (κ1) is 12.2. The Morgan fingerprint density at radius 1 is 1.50 bits per heavy atom. The summed E-state index contributed by atoms with van der Waals surface area (Å²) in [6, 6.07) is 4.94. The van der Waals surface area contributed by atoms with Crippen LogP contribution in [-0.2, 0) is 4.79 Å². The van der Waals surface area contributed by atoms with Crippen LogP contribution in [0.3, 0.4) is 0 Å². The number of carbonyl (C=O) groups is 1. The normalized spacial score (nSPS) is 12.2. The van der Waals surface area contributed by atoms with E-state index < -0.39 is 6.04 Å². The van der Waals surface area contributed by atoms with Crippen molar-refractivity contribution in [3.8, 4) is 5.69 Å². The molecule has 7 heteroatoms. The SMILES string of the molecule is Cc1ccc(NC(=O)C(C)N)cc1-n1cnnn1. The molecule has 0 saturated heterocycles. The highest BCUT2D eigenvalue weighted by Gasteiger charge is 2.09. The van der Waals surface area contributed by atoms with Gasteiger partial charge in [-0.15, -0.1) is 5.10 Å². The molecule has 2 rings (SSSR count). The number of nitrogens with two attached hydrogens (primary N) is 1. The van der Waals surface area contributed by atoms with Crippen LogP contribution in [0.4, 0.5) is 5.69 Å². The molecule has 0 saturated carbocycles. The van der Waals surface area contributed by atoms with Gasteiger partial charge in [0.1, 0.15) is 6.33 Å². The molecule has 0 spiro atoms. The molecule has 1 heterocycles. The zero-order valence-electron chi connectivity index (χ0n) is 10.2. The Hall–Kier alpha value is -2.28. The molecule has 0 aliphatic heterocycles. The maximum absolute atomic E-state index is 11.5. The van der Waals surface area contributed by atoms with Crippen molar-refractivity contribution in [3.05, 3.63) is 30.1 Å². The maximum atomic E-state index is 11.5. The number of hydrogen-bond donors (Lipinski definition) is 2. The Morgan fingerprint density at radius 3 is 2.89 bits per heavy atom. The third kappa shape index (κ3) is 2.51. The van der Waals surface area contributed by atoms with E-state index >= 15 is 0 Å². The molecule has 3 N–H and O–H groups in total. The lowest BCUT2D eigenvalue weighted by Gasteiger charge is -2.10. The number of tetrazole rings is 1. The quantitative estimate of drug-likeness (QED) is 0.809. The Bertz CT molecular complexity index is 549. The second-order valence-corrected chi connectivity index (χ2v) is 4.03. The van der Waals surface area contributed by atoms with Gasteiger partial charge < -0.3 is 11.1 Å². The minimum Gasteiger partial charge on any atom is -0.325 e. The van der Waals surface area contributed by atoms with Crippen molar-refractivity contribution in [3.63, 3.8) is 0 Å². The molecule has 2 aromatic rings. The number of nitrogens with zero attached hydrogens (tertiary/aromatic N) is 4.